The highest BCUT2D eigenvalue weighted by atomic mass is 16.2. The number of carbonyl (C=O) groups is 1. The van der Waals surface area contributed by atoms with Gasteiger partial charge < -0.3 is 16.0 Å². The topological polar surface area (TPSA) is 83.8 Å². The number of imidazole rings is 1. The Bertz CT molecular complexity index is 339. The lowest BCUT2D eigenvalue weighted by Gasteiger charge is -2.08. The van der Waals surface area contributed by atoms with Crippen molar-refractivity contribution in [1.82, 2.24) is 15.3 Å². The number of nitrogens with one attached hydrogen (secondary N) is 2. The van der Waals surface area contributed by atoms with E-state index in [4.69, 9.17) is 12.2 Å². The molecule has 0 aliphatic rings. The van der Waals surface area contributed by atoms with E-state index in [0.717, 1.165) is 5.69 Å². The molecule has 1 heterocycles. The average Bonchev–Trinajstić information content (AvgIpc) is 2.71. The lowest BCUT2D eigenvalue weighted by atomic mass is 10.2. The van der Waals surface area contributed by atoms with Gasteiger partial charge in [-0.15, -0.1) is 12.3 Å². The molecule has 1 amide bonds. The molecule has 0 aliphatic heterocycles. The number of terminal acetylenes is 1. The molecule has 15 heavy (non-hydrogen) atoms. The van der Waals surface area contributed by atoms with Gasteiger partial charge in [0.15, 0.2) is 0 Å². The van der Waals surface area contributed by atoms with Crippen LogP contribution in [0.2, 0.25) is 0 Å². The van der Waals surface area contributed by atoms with E-state index < -0.39 is 6.04 Å². The molecule has 0 spiro atoms. The standard InChI is InChI=1S/C10H14N4O/c1-2-3-9(11)10(15)13-5-4-8-6-12-7-14-8/h1,6-7,9H,3-5,11H2,(H,12,14)(H,13,15). The fourth-order valence-corrected chi connectivity index (χ4v) is 1.09. The van der Waals surface area contributed by atoms with Gasteiger partial charge in [-0.2, -0.15) is 0 Å². The van der Waals surface area contributed by atoms with Gasteiger partial charge in [0.25, 0.3) is 0 Å². The molecule has 5 heteroatoms. The molecular formula is C10H14N4O. The minimum atomic E-state index is -0.614. The fraction of sp³-hybridized carbons (Fsp3) is 0.400. The Labute approximate surface area is 88.5 Å². The molecule has 0 saturated carbocycles. The minimum Gasteiger partial charge on any atom is -0.354 e. The Morgan fingerprint density at radius 2 is 2.60 bits per heavy atom. The number of aromatic nitrogens is 2. The lowest BCUT2D eigenvalue weighted by molar-refractivity contribution is -0.122. The molecule has 0 aliphatic carbocycles. The van der Waals surface area contributed by atoms with E-state index in [-0.39, 0.29) is 12.3 Å². The van der Waals surface area contributed by atoms with Gasteiger partial charge in [0.05, 0.1) is 12.4 Å². The zero-order valence-electron chi connectivity index (χ0n) is 8.36. The van der Waals surface area contributed by atoms with Crippen LogP contribution in [0.4, 0.5) is 0 Å². The van der Waals surface area contributed by atoms with Crippen LogP contribution in [0, 0.1) is 12.3 Å². The van der Waals surface area contributed by atoms with Crippen molar-refractivity contribution < 1.29 is 4.79 Å². The van der Waals surface area contributed by atoms with E-state index in [1.165, 1.54) is 0 Å². The first-order valence-electron chi connectivity index (χ1n) is 4.68. The zero-order chi connectivity index (χ0) is 11.1. The van der Waals surface area contributed by atoms with Crippen LogP contribution in [-0.4, -0.2) is 28.5 Å². The molecule has 4 N–H and O–H groups in total. The van der Waals surface area contributed by atoms with Gasteiger partial charge >= 0.3 is 0 Å². The third-order valence-electron chi connectivity index (χ3n) is 1.92. The summed E-state index contributed by atoms with van der Waals surface area (Å²) in [5, 5.41) is 2.70. The number of nitrogens with two attached hydrogens (primary N) is 1. The first-order valence-corrected chi connectivity index (χ1v) is 4.68. The quantitative estimate of drug-likeness (QED) is 0.563. The molecule has 5 nitrogen and oxygen atoms in total. The maximum absolute atomic E-state index is 11.3. The molecule has 1 atom stereocenters. The van der Waals surface area contributed by atoms with Crippen LogP contribution in [-0.2, 0) is 11.2 Å². The third-order valence-corrected chi connectivity index (χ3v) is 1.92. The van der Waals surface area contributed by atoms with E-state index in [2.05, 4.69) is 21.2 Å². The van der Waals surface area contributed by atoms with Gasteiger partial charge in [-0.1, -0.05) is 0 Å². The number of H-pyrrole nitrogens is 1. The molecule has 0 saturated heterocycles. The summed E-state index contributed by atoms with van der Waals surface area (Å²) in [5.41, 5.74) is 6.49. The van der Waals surface area contributed by atoms with E-state index in [1.807, 2.05) is 0 Å². The fourth-order valence-electron chi connectivity index (χ4n) is 1.09. The predicted octanol–water partition coefficient (Wildman–Crippen LogP) is -0.581. The number of hydrogen-bond donors (Lipinski definition) is 3. The van der Waals surface area contributed by atoms with E-state index in [9.17, 15) is 4.79 Å². The van der Waals surface area contributed by atoms with Crippen molar-refractivity contribution in [2.24, 2.45) is 5.73 Å². The summed E-state index contributed by atoms with van der Waals surface area (Å²) in [5.74, 6) is 2.14. The third kappa shape index (κ3) is 3.83. The van der Waals surface area contributed by atoms with E-state index in [1.54, 1.807) is 12.5 Å². The van der Waals surface area contributed by atoms with Gasteiger partial charge in [-0.3, -0.25) is 4.79 Å². The second-order valence-electron chi connectivity index (χ2n) is 3.13. The van der Waals surface area contributed by atoms with Crippen LogP contribution in [0.25, 0.3) is 0 Å². The smallest absolute Gasteiger partial charge is 0.237 e. The zero-order valence-corrected chi connectivity index (χ0v) is 8.36. The maximum Gasteiger partial charge on any atom is 0.237 e. The van der Waals surface area contributed by atoms with Crippen LogP contribution in [0.1, 0.15) is 12.1 Å². The highest BCUT2D eigenvalue weighted by Gasteiger charge is 2.10. The number of nitrogens with zero attached hydrogens (tertiary/aromatic N) is 1. The maximum atomic E-state index is 11.3. The minimum absolute atomic E-state index is 0.215. The summed E-state index contributed by atoms with van der Waals surface area (Å²) >= 11 is 0. The number of aromatic amines is 1. The summed E-state index contributed by atoms with van der Waals surface area (Å²) in [4.78, 5) is 18.1. The second-order valence-corrected chi connectivity index (χ2v) is 3.13. The molecule has 1 unspecified atom stereocenters. The highest BCUT2D eigenvalue weighted by molar-refractivity contribution is 5.81. The van der Waals surface area contributed by atoms with Crippen molar-refractivity contribution in [3.63, 3.8) is 0 Å². The van der Waals surface area contributed by atoms with Crippen LogP contribution >= 0.6 is 0 Å². The van der Waals surface area contributed by atoms with Crippen LogP contribution in [0.5, 0.6) is 0 Å². The molecule has 1 rings (SSSR count). The lowest BCUT2D eigenvalue weighted by Crippen LogP contribution is -2.41. The van der Waals surface area contributed by atoms with Crippen molar-refractivity contribution in [3.8, 4) is 12.3 Å². The molecular weight excluding hydrogens is 192 g/mol. The van der Waals surface area contributed by atoms with Crippen molar-refractivity contribution >= 4 is 5.91 Å². The van der Waals surface area contributed by atoms with Crippen LogP contribution < -0.4 is 11.1 Å². The molecule has 80 valence electrons. The highest BCUT2D eigenvalue weighted by Crippen LogP contribution is 1.91. The first kappa shape index (κ1) is 11.3. The summed E-state index contributed by atoms with van der Waals surface area (Å²) in [6.07, 6.45) is 9.33. The van der Waals surface area contributed by atoms with E-state index >= 15 is 0 Å². The van der Waals surface area contributed by atoms with Crippen molar-refractivity contribution in [2.75, 3.05) is 6.54 Å². The first-order chi connectivity index (χ1) is 7.24. The van der Waals surface area contributed by atoms with Crippen LogP contribution in [0.3, 0.4) is 0 Å². The monoisotopic (exact) mass is 206 g/mol. The molecule has 0 bridgehead atoms. The van der Waals surface area contributed by atoms with Crippen molar-refractivity contribution in [1.29, 1.82) is 0 Å². The second kappa shape index (κ2) is 5.83. The SMILES string of the molecule is C#CCC(N)C(=O)NCCc1cnc[nH]1. The number of hydrogen-bond acceptors (Lipinski definition) is 3. The number of rotatable bonds is 5. The normalized spacial score (nSPS) is 11.7. The Hall–Kier alpha value is -1.80. The predicted molar refractivity (Wildman–Crippen MR) is 56.7 cm³/mol. The molecule has 0 fully saturated rings. The van der Waals surface area contributed by atoms with Gasteiger partial charge in [0.2, 0.25) is 5.91 Å². The largest absolute Gasteiger partial charge is 0.354 e. The van der Waals surface area contributed by atoms with Gasteiger partial charge in [0, 0.05) is 31.3 Å². The van der Waals surface area contributed by atoms with Gasteiger partial charge in [0.1, 0.15) is 0 Å². The Balaban J connectivity index is 2.20. The number of carbonyl (C=O) groups excluding carboxylic acids is 1. The van der Waals surface area contributed by atoms with E-state index in [0.29, 0.717) is 13.0 Å². The van der Waals surface area contributed by atoms with Gasteiger partial charge in [-0.05, 0) is 0 Å². The summed E-state index contributed by atoms with van der Waals surface area (Å²) in [7, 11) is 0. The number of amides is 1. The Morgan fingerprint density at radius 1 is 1.80 bits per heavy atom. The Kier molecular flexibility index (Phi) is 4.38. The van der Waals surface area contributed by atoms with Gasteiger partial charge in [-0.25, -0.2) is 4.98 Å². The molecule has 0 aromatic carbocycles. The summed E-state index contributed by atoms with van der Waals surface area (Å²) in [6, 6.07) is -0.614. The van der Waals surface area contributed by atoms with Crippen molar-refractivity contribution in [3.05, 3.63) is 18.2 Å². The molecule has 1 aromatic rings. The van der Waals surface area contributed by atoms with Crippen LogP contribution in [0.15, 0.2) is 12.5 Å². The molecule has 1 aromatic heterocycles. The summed E-state index contributed by atoms with van der Waals surface area (Å²) in [6.45, 7) is 0.527. The molecule has 0 radical (unpaired) electrons. The Morgan fingerprint density at radius 3 is 3.20 bits per heavy atom. The van der Waals surface area contributed by atoms with Crippen molar-refractivity contribution in [2.45, 2.75) is 18.9 Å². The average molecular weight is 206 g/mol. The summed E-state index contributed by atoms with van der Waals surface area (Å²) < 4.78 is 0.